The molecular weight excluding hydrogens is 234 g/mol. The van der Waals surface area contributed by atoms with Crippen LogP contribution in [0.1, 0.15) is 26.0 Å². The van der Waals surface area contributed by atoms with E-state index < -0.39 is 12.0 Å². The Balaban J connectivity index is 2.93. The van der Waals surface area contributed by atoms with E-state index in [4.69, 9.17) is 4.74 Å². The highest BCUT2D eigenvalue weighted by Gasteiger charge is 2.23. The summed E-state index contributed by atoms with van der Waals surface area (Å²) in [5, 5.41) is 12.1. The van der Waals surface area contributed by atoms with Crippen molar-refractivity contribution in [2.24, 2.45) is 5.92 Å². The SMILES string of the molecule is CC[C@H](C)[C@H](Nc1cc(C)nc(OC)n1)C(=O)O. The first-order chi connectivity index (χ1) is 8.47. The third kappa shape index (κ3) is 3.58. The lowest BCUT2D eigenvalue weighted by Gasteiger charge is -2.20. The molecule has 0 saturated heterocycles. The Bertz CT molecular complexity index is 423. The third-order valence-corrected chi connectivity index (χ3v) is 2.80. The van der Waals surface area contributed by atoms with E-state index in [2.05, 4.69) is 15.3 Å². The van der Waals surface area contributed by atoms with Crippen LogP contribution in [0.2, 0.25) is 0 Å². The maximum atomic E-state index is 11.2. The van der Waals surface area contributed by atoms with Crippen molar-refractivity contribution in [2.45, 2.75) is 33.2 Å². The number of carboxylic acids is 1. The quantitative estimate of drug-likeness (QED) is 0.802. The van der Waals surface area contributed by atoms with Crippen molar-refractivity contribution in [3.05, 3.63) is 11.8 Å². The number of ether oxygens (including phenoxy) is 1. The fraction of sp³-hybridized carbons (Fsp3) is 0.583. The van der Waals surface area contributed by atoms with E-state index in [1.54, 1.807) is 13.0 Å². The van der Waals surface area contributed by atoms with Gasteiger partial charge in [-0.2, -0.15) is 4.98 Å². The number of nitrogens with zero attached hydrogens (tertiary/aromatic N) is 2. The number of anilines is 1. The zero-order valence-electron chi connectivity index (χ0n) is 11.1. The number of aryl methyl sites for hydroxylation is 1. The van der Waals surface area contributed by atoms with Crippen LogP contribution in [-0.2, 0) is 4.79 Å². The molecule has 0 unspecified atom stereocenters. The number of aromatic nitrogens is 2. The zero-order chi connectivity index (χ0) is 13.7. The number of nitrogens with one attached hydrogen (secondary N) is 1. The van der Waals surface area contributed by atoms with Crippen LogP contribution in [-0.4, -0.2) is 34.2 Å². The molecule has 1 aromatic heterocycles. The van der Waals surface area contributed by atoms with Gasteiger partial charge in [0, 0.05) is 11.8 Å². The van der Waals surface area contributed by atoms with E-state index in [1.165, 1.54) is 7.11 Å². The Morgan fingerprint density at radius 2 is 2.22 bits per heavy atom. The van der Waals surface area contributed by atoms with Crippen molar-refractivity contribution in [3.8, 4) is 6.01 Å². The van der Waals surface area contributed by atoms with Gasteiger partial charge in [0.2, 0.25) is 0 Å². The second-order valence-corrected chi connectivity index (χ2v) is 4.23. The molecule has 0 amide bonds. The van der Waals surface area contributed by atoms with Crippen LogP contribution in [0, 0.1) is 12.8 Å². The molecule has 0 fully saturated rings. The molecule has 18 heavy (non-hydrogen) atoms. The zero-order valence-corrected chi connectivity index (χ0v) is 11.1. The van der Waals surface area contributed by atoms with Crippen LogP contribution in [0.3, 0.4) is 0 Å². The topological polar surface area (TPSA) is 84.3 Å². The first-order valence-corrected chi connectivity index (χ1v) is 5.87. The van der Waals surface area contributed by atoms with Gasteiger partial charge in [-0.05, 0) is 12.8 Å². The molecule has 6 heteroatoms. The van der Waals surface area contributed by atoms with E-state index in [1.807, 2.05) is 13.8 Å². The normalized spacial score (nSPS) is 13.8. The number of hydrogen-bond acceptors (Lipinski definition) is 5. The lowest BCUT2D eigenvalue weighted by molar-refractivity contribution is -0.139. The monoisotopic (exact) mass is 253 g/mol. The van der Waals surface area contributed by atoms with Crippen LogP contribution < -0.4 is 10.1 Å². The van der Waals surface area contributed by atoms with Crippen LogP contribution >= 0.6 is 0 Å². The fourth-order valence-electron chi connectivity index (χ4n) is 1.55. The Morgan fingerprint density at radius 3 is 2.72 bits per heavy atom. The molecule has 2 atom stereocenters. The van der Waals surface area contributed by atoms with E-state index in [0.29, 0.717) is 5.82 Å². The molecule has 1 aromatic rings. The summed E-state index contributed by atoms with van der Waals surface area (Å²) in [6.45, 7) is 5.64. The molecule has 6 nitrogen and oxygen atoms in total. The number of carbonyl (C=O) groups is 1. The number of hydrogen-bond donors (Lipinski definition) is 2. The summed E-state index contributed by atoms with van der Waals surface area (Å²) in [7, 11) is 1.47. The molecular formula is C12H19N3O3. The minimum Gasteiger partial charge on any atom is -0.480 e. The van der Waals surface area contributed by atoms with Gasteiger partial charge < -0.3 is 15.2 Å². The molecule has 100 valence electrons. The molecule has 0 aliphatic rings. The van der Waals surface area contributed by atoms with Gasteiger partial charge in [-0.25, -0.2) is 9.78 Å². The van der Waals surface area contributed by atoms with Gasteiger partial charge in [0.15, 0.2) is 0 Å². The number of aliphatic carboxylic acids is 1. The van der Waals surface area contributed by atoms with E-state index in [9.17, 15) is 9.90 Å². The molecule has 0 aliphatic heterocycles. The Morgan fingerprint density at radius 1 is 1.56 bits per heavy atom. The summed E-state index contributed by atoms with van der Waals surface area (Å²) in [5.41, 5.74) is 0.720. The maximum absolute atomic E-state index is 11.2. The minimum absolute atomic E-state index is 0.00349. The van der Waals surface area contributed by atoms with Crippen LogP contribution in [0.15, 0.2) is 6.07 Å². The van der Waals surface area contributed by atoms with Gasteiger partial charge in [0.1, 0.15) is 11.9 Å². The summed E-state index contributed by atoms with van der Waals surface area (Å²) in [6, 6.07) is 1.25. The lowest BCUT2D eigenvalue weighted by Crippen LogP contribution is -2.35. The highest BCUT2D eigenvalue weighted by molar-refractivity contribution is 5.77. The molecule has 1 rings (SSSR count). The van der Waals surface area contributed by atoms with Gasteiger partial charge in [0.25, 0.3) is 0 Å². The highest BCUT2D eigenvalue weighted by Crippen LogP contribution is 2.16. The maximum Gasteiger partial charge on any atom is 0.326 e. The highest BCUT2D eigenvalue weighted by atomic mass is 16.5. The summed E-state index contributed by atoms with van der Waals surface area (Å²) in [4.78, 5) is 19.3. The third-order valence-electron chi connectivity index (χ3n) is 2.80. The lowest BCUT2D eigenvalue weighted by atomic mass is 9.99. The van der Waals surface area contributed by atoms with Crippen molar-refractivity contribution in [2.75, 3.05) is 12.4 Å². The summed E-state index contributed by atoms with van der Waals surface area (Å²) in [6.07, 6.45) is 0.769. The Kier molecular flexibility index (Phi) is 4.88. The molecule has 0 radical (unpaired) electrons. The molecule has 0 bridgehead atoms. The minimum atomic E-state index is -0.889. The Hall–Kier alpha value is -1.85. The molecule has 0 saturated carbocycles. The fourth-order valence-corrected chi connectivity index (χ4v) is 1.55. The van der Waals surface area contributed by atoms with Crippen molar-refractivity contribution >= 4 is 11.8 Å². The van der Waals surface area contributed by atoms with Crippen molar-refractivity contribution in [1.29, 1.82) is 0 Å². The number of methoxy groups -OCH3 is 1. The van der Waals surface area contributed by atoms with Gasteiger partial charge in [-0.1, -0.05) is 20.3 Å². The largest absolute Gasteiger partial charge is 0.480 e. The van der Waals surface area contributed by atoms with Crippen molar-refractivity contribution in [1.82, 2.24) is 9.97 Å². The molecule has 0 spiro atoms. The van der Waals surface area contributed by atoms with E-state index >= 15 is 0 Å². The molecule has 1 heterocycles. The van der Waals surface area contributed by atoms with Crippen LogP contribution in [0.5, 0.6) is 6.01 Å². The Labute approximate surface area is 106 Å². The summed E-state index contributed by atoms with van der Waals surface area (Å²) in [5.74, 6) is -0.421. The standard InChI is InChI=1S/C12H19N3O3/c1-5-7(2)10(11(16)17)14-9-6-8(3)13-12(15-9)18-4/h6-7,10H,5H2,1-4H3,(H,16,17)(H,13,14,15)/t7-,10-/m0/s1. The average Bonchev–Trinajstić information content (AvgIpc) is 2.34. The van der Waals surface area contributed by atoms with Crippen molar-refractivity contribution < 1.29 is 14.6 Å². The van der Waals surface area contributed by atoms with E-state index in [0.717, 1.165) is 12.1 Å². The molecule has 2 N–H and O–H groups in total. The first kappa shape index (κ1) is 14.2. The van der Waals surface area contributed by atoms with Crippen molar-refractivity contribution in [3.63, 3.8) is 0 Å². The van der Waals surface area contributed by atoms with Gasteiger partial charge in [0.05, 0.1) is 7.11 Å². The van der Waals surface area contributed by atoms with E-state index in [-0.39, 0.29) is 11.9 Å². The van der Waals surface area contributed by atoms with Crippen LogP contribution in [0.25, 0.3) is 0 Å². The van der Waals surface area contributed by atoms with Gasteiger partial charge in [-0.3, -0.25) is 0 Å². The first-order valence-electron chi connectivity index (χ1n) is 5.87. The second-order valence-electron chi connectivity index (χ2n) is 4.23. The number of carboxylic acid groups (broad SMARTS) is 1. The summed E-state index contributed by atoms with van der Waals surface area (Å²) >= 11 is 0. The summed E-state index contributed by atoms with van der Waals surface area (Å²) < 4.78 is 4.95. The molecule has 0 aromatic carbocycles. The van der Waals surface area contributed by atoms with Crippen LogP contribution in [0.4, 0.5) is 5.82 Å². The molecule has 0 aliphatic carbocycles. The predicted octanol–water partition coefficient (Wildman–Crippen LogP) is 1.70. The second kappa shape index (κ2) is 6.18. The smallest absolute Gasteiger partial charge is 0.326 e. The predicted molar refractivity (Wildman–Crippen MR) is 67.8 cm³/mol. The van der Waals surface area contributed by atoms with Gasteiger partial charge in [-0.15, -0.1) is 0 Å². The number of rotatable bonds is 6. The average molecular weight is 253 g/mol. The van der Waals surface area contributed by atoms with Gasteiger partial charge >= 0.3 is 12.0 Å².